The summed E-state index contributed by atoms with van der Waals surface area (Å²) in [5.41, 5.74) is 0. The Morgan fingerprint density at radius 1 is 1.18 bits per heavy atom. The van der Waals surface area contributed by atoms with Crippen molar-refractivity contribution in [2.75, 3.05) is 7.05 Å². The van der Waals surface area contributed by atoms with Gasteiger partial charge in [-0.05, 0) is 19.2 Å². The molecule has 0 saturated carbocycles. The summed E-state index contributed by atoms with van der Waals surface area (Å²) in [4.78, 5) is -0.876. The quantitative estimate of drug-likeness (QED) is 0.848. The van der Waals surface area contributed by atoms with E-state index in [9.17, 15) is 16.8 Å². The lowest BCUT2D eigenvalue weighted by molar-refractivity contribution is 0.588. The lowest BCUT2D eigenvalue weighted by atomic mass is 10.3. The number of benzene rings is 1. The molecule has 0 unspecified atom stereocenters. The van der Waals surface area contributed by atoms with Gasteiger partial charge in [0.2, 0.25) is 20.0 Å². The van der Waals surface area contributed by atoms with Gasteiger partial charge in [0.1, 0.15) is 4.90 Å². The van der Waals surface area contributed by atoms with Crippen molar-refractivity contribution in [3.63, 3.8) is 0 Å². The first-order valence-corrected chi connectivity index (χ1v) is 7.83. The molecule has 10 heteroatoms. The summed E-state index contributed by atoms with van der Waals surface area (Å²) in [5, 5.41) is 4.40. The van der Waals surface area contributed by atoms with Gasteiger partial charge in [0.15, 0.2) is 0 Å². The van der Waals surface area contributed by atoms with Crippen LogP contribution in [0.15, 0.2) is 21.9 Å². The van der Waals surface area contributed by atoms with E-state index in [4.69, 9.17) is 28.3 Å². The first-order chi connectivity index (χ1) is 7.59. The Bertz CT molecular complexity index is 655. The molecule has 0 atom stereocenters. The van der Waals surface area contributed by atoms with Crippen molar-refractivity contribution >= 4 is 43.2 Å². The second kappa shape index (κ2) is 4.71. The minimum Gasteiger partial charge on any atom is -0.225 e. The average Bonchev–Trinajstić information content (AvgIpc) is 2.20. The van der Waals surface area contributed by atoms with Crippen LogP contribution in [0.3, 0.4) is 0 Å². The lowest BCUT2D eigenvalue weighted by Gasteiger charge is -2.08. The van der Waals surface area contributed by atoms with Crippen molar-refractivity contribution in [1.29, 1.82) is 0 Å². The summed E-state index contributed by atoms with van der Waals surface area (Å²) < 4.78 is 47.4. The van der Waals surface area contributed by atoms with Crippen LogP contribution in [-0.2, 0) is 20.0 Å². The van der Waals surface area contributed by atoms with Gasteiger partial charge in [0.05, 0.1) is 14.9 Å². The van der Waals surface area contributed by atoms with Crippen LogP contribution in [-0.4, -0.2) is 23.9 Å². The molecule has 0 aliphatic carbocycles. The van der Waals surface area contributed by atoms with E-state index in [-0.39, 0.29) is 10.0 Å². The Hall–Kier alpha value is -0.380. The third-order valence-electron chi connectivity index (χ3n) is 1.86. The molecule has 6 nitrogen and oxygen atoms in total. The van der Waals surface area contributed by atoms with Gasteiger partial charge in [-0.2, -0.15) is 0 Å². The van der Waals surface area contributed by atoms with Gasteiger partial charge in [0, 0.05) is 0 Å². The highest BCUT2D eigenvalue weighted by molar-refractivity contribution is 7.90. The van der Waals surface area contributed by atoms with Gasteiger partial charge < -0.3 is 0 Å². The molecule has 0 saturated heterocycles. The lowest BCUT2D eigenvalue weighted by Crippen LogP contribution is -2.20. The van der Waals surface area contributed by atoms with E-state index in [1.807, 2.05) is 4.72 Å². The van der Waals surface area contributed by atoms with Gasteiger partial charge in [-0.3, -0.25) is 0 Å². The van der Waals surface area contributed by atoms with E-state index in [0.717, 1.165) is 19.2 Å². The fraction of sp³-hybridized carbons (Fsp3) is 0.143. The number of primary sulfonamides is 1. The first-order valence-electron chi connectivity index (χ1n) is 4.05. The van der Waals surface area contributed by atoms with Crippen LogP contribution in [0.5, 0.6) is 0 Å². The van der Waals surface area contributed by atoms with E-state index < -0.39 is 29.8 Å². The highest BCUT2D eigenvalue weighted by Crippen LogP contribution is 2.31. The fourth-order valence-corrected chi connectivity index (χ4v) is 3.25. The SMILES string of the molecule is CNS(=O)(=O)c1cc(S(N)(=O)=O)cc(Cl)c1Cl. The Balaban J connectivity index is 3.70. The van der Waals surface area contributed by atoms with Crippen molar-refractivity contribution in [3.05, 3.63) is 22.2 Å². The Labute approximate surface area is 109 Å². The van der Waals surface area contributed by atoms with Crippen LogP contribution < -0.4 is 9.86 Å². The number of hydrogen-bond acceptors (Lipinski definition) is 4. The highest BCUT2D eigenvalue weighted by atomic mass is 35.5. The number of hydrogen-bond donors (Lipinski definition) is 2. The molecule has 1 aromatic carbocycles. The molecule has 0 aliphatic heterocycles. The van der Waals surface area contributed by atoms with Crippen molar-refractivity contribution in [1.82, 2.24) is 4.72 Å². The maximum Gasteiger partial charge on any atom is 0.241 e. The minimum absolute atomic E-state index is 0.216. The third kappa shape index (κ3) is 3.09. The second-order valence-electron chi connectivity index (χ2n) is 2.97. The van der Waals surface area contributed by atoms with Crippen molar-refractivity contribution in [2.24, 2.45) is 5.14 Å². The zero-order valence-corrected chi connectivity index (χ0v) is 11.6. The minimum atomic E-state index is -4.07. The topological polar surface area (TPSA) is 106 Å². The largest absolute Gasteiger partial charge is 0.241 e. The molecular formula is C7H8Cl2N2O4S2. The smallest absolute Gasteiger partial charge is 0.225 e. The number of nitrogens with two attached hydrogens (primary N) is 1. The molecule has 0 heterocycles. The predicted molar refractivity (Wildman–Crippen MR) is 64.1 cm³/mol. The van der Waals surface area contributed by atoms with Gasteiger partial charge in [-0.25, -0.2) is 26.7 Å². The molecular weight excluding hydrogens is 311 g/mol. The van der Waals surface area contributed by atoms with Crippen molar-refractivity contribution < 1.29 is 16.8 Å². The summed E-state index contributed by atoms with van der Waals surface area (Å²) in [6.45, 7) is 0. The summed E-state index contributed by atoms with van der Waals surface area (Å²) >= 11 is 11.3. The van der Waals surface area contributed by atoms with Crippen LogP contribution in [0.4, 0.5) is 0 Å². The van der Waals surface area contributed by atoms with Crippen LogP contribution in [0.2, 0.25) is 10.0 Å². The van der Waals surface area contributed by atoms with E-state index in [1.54, 1.807) is 0 Å². The van der Waals surface area contributed by atoms with E-state index in [1.165, 1.54) is 0 Å². The maximum absolute atomic E-state index is 11.6. The van der Waals surface area contributed by atoms with Crippen LogP contribution >= 0.6 is 23.2 Å². The van der Waals surface area contributed by atoms with Crippen molar-refractivity contribution in [3.8, 4) is 0 Å². The summed E-state index contributed by atoms with van der Waals surface area (Å²) in [6.07, 6.45) is 0. The molecule has 0 aliphatic rings. The molecule has 0 amide bonds. The number of rotatable bonds is 3. The zero-order valence-electron chi connectivity index (χ0n) is 8.44. The van der Waals surface area contributed by atoms with Crippen molar-refractivity contribution in [2.45, 2.75) is 9.79 Å². The molecule has 0 bridgehead atoms. The molecule has 0 aromatic heterocycles. The van der Waals surface area contributed by atoms with Crippen LogP contribution in [0.25, 0.3) is 0 Å². The van der Waals surface area contributed by atoms with Crippen LogP contribution in [0.1, 0.15) is 0 Å². The summed E-state index contributed by atoms with van der Waals surface area (Å²) in [6, 6.07) is 1.82. The number of nitrogens with one attached hydrogen (secondary N) is 1. The molecule has 0 spiro atoms. The fourth-order valence-electron chi connectivity index (χ4n) is 1.01. The molecule has 0 fully saturated rings. The van der Waals surface area contributed by atoms with Gasteiger partial charge in [-0.1, -0.05) is 23.2 Å². The van der Waals surface area contributed by atoms with Gasteiger partial charge in [0.25, 0.3) is 0 Å². The summed E-state index contributed by atoms with van der Waals surface area (Å²) in [5.74, 6) is 0. The second-order valence-corrected chi connectivity index (χ2v) is 7.17. The molecule has 1 rings (SSSR count). The normalized spacial score (nSPS) is 12.7. The monoisotopic (exact) mass is 318 g/mol. The van der Waals surface area contributed by atoms with E-state index >= 15 is 0 Å². The predicted octanol–water partition coefficient (Wildman–Crippen LogP) is 0.549. The number of sulfonamides is 2. The maximum atomic E-state index is 11.6. The van der Waals surface area contributed by atoms with Gasteiger partial charge >= 0.3 is 0 Å². The molecule has 3 N–H and O–H groups in total. The Morgan fingerprint density at radius 2 is 1.71 bits per heavy atom. The average molecular weight is 319 g/mol. The van der Waals surface area contributed by atoms with Gasteiger partial charge in [-0.15, -0.1) is 0 Å². The Kier molecular flexibility index (Phi) is 4.07. The zero-order chi connectivity index (χ0) is 13.4. The standard InChI is InChI=1S/C7H8Cl2N2O4S2/c1-11-17(14,15)6-3-4(16(10,12)13)2-5(8)7(6)9/h2-3,11H,1H3,(H2,10,12,13). The number of halogens is 2. The van der Waals surface area contributed by atoms with E-state index in [0.29, 0.717) is 0 Å². The summed E-state index contributed by atoms with van der Waals surface area (Å²) in [7, 11) is -6.83. The van der Waals surface area contributed by atoms with Crippen LogP contribution in [0, 0.1) is 0 Å². The molecule has 17 heavy (non-hydrogen) atoms. The highest BCUT2D eigenvalue weighted by Gasteiger charge is 2.22. The first kappa shape index (κ1) is 14.7. The Morgan fingerprint density at radius 3 is 2.12 bits per heavy atom. The molecule has 0 radical (unpaired) electrons. The van der Waals surface area contributed by atoms with E-state index in [2.05, 4.69) is 0 Å². The molecule has 1 aromatic rings. The molecule has 96 valence electrons. The third-order valence-corrected chi connectivity index (χ3v) is 5.10.